The molecular weight excluding hydrogens is 449 g/mol. The molecule has 2 heterocycles. The van der Waals surface area contributed by atoms with Crippen LogP contribution in [0.4, 0.5) is 0 Å². The summed E-state index contributed by atoms with van der Waals surface area (Å²) in [7, 11) is 0. The van der Waals surface area contributed by atoms with Gasteiger partial charge in [0, 0.05) is 42.9 Å². The highest BCUT2D eigenvalue weighted by Gasteiger charge is 2.23. The molecule has 3 aromatic rings. The molecule has 0 spiro atoms. The second-order valence-corrected chi connectivity index (χ2v) is 8.71. The zero-order valence-electron chi connectivity index (χ0n) is 17.6. The molecule has 0 fully saturated rings. The molecule has 1 aromatic heterocycles. The summed E-state index contributed by atoms with van der Waals surface area (Å²) >= 11 is 12.0. The number of fused-ring (bicyclic) bond motifs is 1. The fraction of sp³-hybridized carbons (Fsp3) is 0.292. The van der Waals surface area contributed by atoms with Crippen molar-refractivity contribution < 1.29 is 14.6 Å². The number of hydrogen-bond acceptors (Lipinski definition) is 5. The minimum absolute atomic E-state index is 0.0169. The summed E-state index contributed by atoms with van der Waals surface area (Å²) in [5.74, 6) is 0.631. The van der Waals surface area contributed by atoms with Gasteiger partial charge in [0.15, 0.2) is 5.82 Å². The number of aromatic nitrogens is 2. The fourth-order valence-electron chi connectivity index (χ4n) is 3.73. The van der Waals surface area contributed by atoms with Crippen molar-refractivity contribution in [3.05, 3.63) is 75.5 Å². The van der Waals surface area contributed by atoms with Crippen LogP contribution in [0.2, 0.25) is 10.0 Å². The Hall–Kier alpha value is -2.67. The highest BCUT2D eigenvalue weighted by atomic mass is 35.5. The molecule has 6 nitrogen and oxygen atoms in total. The highest BCUT2D eigenvalue weighted by molar-refractivity contribution is 6.42. The van der Waals surface area contributed by atoms with E-state index in [4.69, 9.17) is 38.0 Å². The maximum Gasteiger partial charge on any atom is 0.304 e. The third-order valence-electron chi connectivity index (χ3n) is 5.56. The van der Waals surface area contributed by atoms with Crippen LogP contribution in [-0.2, 0) is 24.4 Å². The molecule has 8 heteroatoms. The SMILES string of the molecule is CC(CC(=O)O)N1CCc2nc(-c3ccc(OCc4ccc(Cl)c(Cl)c4)cc3)ncc2C1. The Kier molecular flexibility index (Phi) is 6.94. The lowest BCUT2D eigenvalue weighted by Gasteiger charge is -2.32. The first-order valence-corrected chi connectivity index (χ1v) is 11.1. The molecule has 2 aromatic carbocycles. The van der Waals surface area contributed by atoms with Crippen molar-refractivity contribution in [2.75, 3.05) is 6.54 Å². The predicted octanol–water partition coefficient (Wildman–Crippen LogP) is 5.25. The topological polar surface area (TPSA) is 75.5 Å². The van der Waals surface area contributed by atoms with E-state index >= 15 is 0 Å². The van der Waals surface area contributed by atoms with Gasteiger partial charge >= 0.3 is 5.97 Å². The Morgan fingerprint density at radius 3 is 2.69 bits per heavy atom. The van der Waals surface area contributed by atoms with Crippen LogP contribution in [0, 0.1) is 0 Å². The molecule has 0 bridgehead atoms. The Labute approximate surface area is 196 Å². The van der Waals surface area contributed by atoms with Crippen molar-refractivity contribution in [1.82, 2.24) is 14.9 Å². The number of halogens is 2. The monoisotopic (exact) mass is 471 g/mol. The largest absolute Gasteiger partial charge is 0.489 e. The highest BCUT2D eigenvalue weighted by Crippen LogP contribution is 2.26. The van der Waals surface area contributed by atoms with Gasteiger partial charge in [0.2, 0.25) is 0 Å². The first kappa shape index (κ1) is 22.5. The smallest absolute Gasteiger partial charge is 0.304 e. The van der Waals surface area contributed by atoms with Gasteiger partial charge in [0.05, 0.1) is 22.2 Å². The zero-order chi connectivity index (χ0) is 22.7. The molecule has 0 saturated carbocycles. The van der Waals surface area contributed by atoms with Gasteiger partial charge in [0.25, 0.3) is 0 Å². The van der Waals surface area contributed by atoms with Crippen LogP contribution in [0.1, 0.15) is 30.2 Å². The Bertz CT molecular complexity index is 1120. The first-order valence-electron chi connectivity index (χ1n) is 10.4. The molecule has 0 aliphatic carbocycles. The lowest BCUT2D eigenvalue weighted by atomic mass is 10.0. The number of benzene rings is 2. The third-order valence-corrected chi connectivity index (χ3v) is 6.30. The van der Waals surface area contributed by atoms with Crippen molar-refractivity contribution in [2.24, 2.45) is 0 Å². The van der Waals surface area contributed by atoms with Crippen molar-refractivity contribution in [3.8, 4) is 17.1 Å². The van der Waals surface area contributed by atoms with Crippen LogP contribution in [0.3, 0.4) is 0 Å². The number of nitrogens with zero attached hydrogens (tertiary/aromatic N) is 3. The molecule has 1 aliphatic rings. The summed E-state index contributed by atoms with van der Waals surface area (Å²) in [4.78, 5) is 22.5. The molecule has 32 heavy (non-hydrogen) atoms. The van der Waals surface area contributed by atoms with Crippen molar-refractivity contribution in [3.63, 3.8) is 0 Å². The van der Waals surface area contributed by atoms with Gasteiger partial charge in [-0.1, -0.05) is 29.3 Å². The number of aliphatic carboxylic acids is 1. The number of rotatable bonds is 7. The summed E-state index contributed by atoms with van der Waals surface area (Å²) in [6.45, 7) is 3.80. The Morgan fingerprint density at radius 2 is 1.97 bits per heavy atom. The maximum atomic E-state index is 11.0. The van der Waals surface area contributed by atoms with E-state index in [1.54, 1.807) is 12.1 Å². The number of ether oxygens (including phenoxy) is 1. The van der Waals surface area contributed by atoms with E-state index in [1.165, 1.54) is 0 Å². The second-order valence-electron chi connectivity index (χ2n) is 7.89. The molecular formula is C24H23Cl2N3O3. The van der Waals surface area contributed by atoms with E-state index in [1.807, 2.05) is 43.5 Å². The summed E-state index contributed by atoms with van der Waals surface area (Å²) in [5.41, 5.74) is 3.93. The summed E-state index contributed by atoms with van der Waals surface area (Å²) < 4.78 is 5.84. The molecule has 1 atom stereocenters. The summed E-state index contributed by atoms with van der Waals surface area (Å²) in [6, 6.07) is 13.1. The van der Waals surface area contributed by atoms with Crippen LogP contribution in [0.25, 0.3) is 11.4 Å². The number of carboxylic acid groups (broad SMARTS) is 1. The third kappa shape index (κ3) is 5.38. The van der Waals surface area contributed by atoms with Gasteiger partial charge in [-0.25, -0.2) is 9.97 Å². The van der Waals surface area contributed by atoms with Gasteiger partial charge in [-0.05, 0) is 48.9 Å². The standard InChI is InChI=1S/C24H23Cl2N3O3/c1-15(10-23(30)31)29-9-8-22-18(13-29)12-27-24(28-22)17-3-5-19(6-4-17)32-14-16-2-7-20(25)21(26)11-16/h2-7,11-12,15H,8-10,13-14H2,1H3,(H,30,31). The number of hydrogen-bond donors (Lipinski definition) is 1. The first-order chi connectivity index (χ1) is 15.4. The van der Waals surface area contributed by atoms with Crippen LogP contribution >= 0.6 is 23.2 Å². The van der Waals surface area contributed by atoms with E-state index in [0.717, 1.165) is 41.1 Å². The molecule has 166 valence electrons. The second kappa shape index (κ2) is 9.86. The molecule has 0 amide bonds. The van der Waals surface area contributed by atoms with Gasteiger partial charge in [0.1, 0.15) is 12.4 Å². The van der Waals surface area contributed by atoms with Crippen LogP contribution in [-0.4, -0.2) is 38.5 Å². The molecule has 1 unspecified atom stereocenters. The summed E-state index contributed by atoms with van der Waals surface area (Å²) in [5, 5.41) is 10.1. The minimum Gasteiger partial charge on any atom is -0.489 e. The molecule has 0 saturated heterocycles. The quantitative estimate of drug-likeness (QED) is 0.506. The lowest BCUT2D eigenvalue weighted by Crippen LogP contribution is -2.39. The van der Waals surface area contributed by atoms with E-state index in [2.05, 4.69) is 9.88 Å². The van der Waals surface area contributed by atoms with E-state index in [0.29, 0.717) is 29.0 Å². The Balaban J connectivity index is 1.40. The molecule has 0 radical (unpaired) electrons. The van der Waals surface area contributed by atoms with E-state index < -0.39 is 5.97 Å². The normalized spacial score (nSPS) is 14.6. The summed E-state index contributed by atoms with van der Waals surface area (Å²) in [6.07, 6.45) is 2.76. The Morgan fingerprint density at radius 1 is 1.19 bits per heavy atom. The average molecular weight is 472 g/mol. The van der Waals surface area contributed by atoms with Gasteiger partial charge in [-0.2, -0.15) is 0 Å². The van der Waals surface area contributed by atoms with E-state index in [-0.39, 0.29) is 12.5 Å². The van der Waals surface area contributed by atoms with Gasteiger partial charge in [-0.15, -0.1) is 0 Å². The molecule has 4 rings (SSSR count). The van der Waals surface area contributed by atoms with E-state index in [9.17, 15) is 4.79 Å². The van der Waals surface area contributed by atoms with Crippen LogP contribution in [0.5, 0.6) is 5.75 Å². The van der Waals surface area contributed by atoms with Crippen LogP contribution in [0.15, 0.2) is 48.7 Å². The number of carboxylic acids is 1. The van der Waals surface area contributed by atoms with Crippen molar-refractivity contribution in [2.45, 2.75) is 39.0 Å². The fourth-order valence-corrected chi connectivity index (χ4v) is 4.05. The van der Waals surface area contributed by atoms with Gasteiger partial charge < -0.3 is 9.84 Å². The van der Waals surface area contributed by atoms with Crippen LogP contribution < -0.4 is 4.74 Å². The molecule has 1 aliphatic heterocycles. The van der Waals surface area contributed by atoms with Crippen molar-refractivity contribution in [1.29, 1.82) is 0 Å². The van der Waals surface area contributed by atoms with Gasteiger partial charge in [-0.3, -0.25) is 9.69 Å². The predicted molar refractivity (Wildman–Crippen MR) is 124 cm³/mol. The minimum atomic E-state index is -0.778. The molecule has 1 N–H and O–H groups in total. The average Bonchev–Trinajstić information content (AvgIpc) is 2.79. The maximum absolute atomic E-state index is 11.0. The zero-order valence-corrected chi connectivity index (χ0v) is 19.1. The lowest BCUT2D eigenvalue weighted by molar-refractivity contribution is -0.138. The van der Waals surface area contributed by atoms with Crippen molar-refractivity contribution >= 4 is 29.2 Å². The number of carbonyl (C=O) groups is 1.